The molecule has 0 aromatic rings. The van der Waals surface area contributed by atoms with Crippen LogP contribution in [-0.2, 0) is 14.6 Å². The summed E-state index contributed by atoms with van der Waals surface area (Å²) in [7, 11) is -3.09. The molecule has 0 saturated carbocycles. The van der Waals surface area contributed by atoms with E-state index in [0.717, 1.165) is 12.8 Å². The van der Waals surface area contributed by atoms with Gasteiger partial charge in [0, 0.05) is 12.3 Å². The van der Waals surface area contributed by atoms with E-state index in [1.807, 2.05) is 20.8 Å². The molecule has 0 aliphatic carbocycles. The molecule has 0 radical (unpaired) electrons. The van der Waals surface area contributed by atoms with Gasteiger partial charge in [0.05, 0.1) is 17.5 Å². The molecule has 1 saturated heterocycles. The molecule has 1 amide bonds. The molecule has 0 spiro atoms. The highest BCUT2D eigenvalue weighted by molar-refractivity contribution is 7.90. The molecule has 0 aromatic heterocycles. The highest BCUT2D eigenvalue weighted by atomic mass is 32.2. The zero-order chi connectivity index (χ0) is 14.8. The van der Waals surface area contributed by atoms with Gasteiger partial charge in [0.25, 0.3) is 0 Å². The van der Waals surface area contributed by atoms with E-state index >= 15 is 0 Å². The number of hydrogen-bond acceptors (Lipinski definition) is 4. The molecule has 1 aliphatic rings. The van der Waals surface area contributed by atoms with Crippen LogP contribution < -0.4 is 5.32 Å². The van der Waals surface area contributed by atoms with Crippen molar-refractivity contribution in [3.63, 3.8) is 0 Å². The van der Waals surface area contributed by atoms with Crippen LogP contribution in [-0.4, -0.2) is 49.0 Å². The third-order valence-electron chi connectivity index (χ3n) is 3.82. The molecule has 3 atom stereocenters. The lowest BCUT2D eigenvalue weighted by Gasteiger charge is -2.30. The van der Waals surface area contributed by atoms with E-state index in [-0.39, 0.29) is 23.9 Å². The summed E-state index contributed by atoms with van der Waals surface area (Å²) in [5, 5.41) is 3.37. The summed E-state index contributed by atoms with van der Waals surface area (Å²) in [6, 6.07) is -0.292. The van der Waals surface area contributed by atoms with Gasteiger partial charge < -0.3 is 4.90 Å². The van der Waals surface area contributed by atoms with Crippen molar-refractivity contribution in [2.24, 2.45) is 0 Å². The standard InChI is InChI=1S/C13H26N2O3S/c1-6-8-11-14-13(4,7-2)12(16)15(11)10(3)9-19(5,17)18/h10-11,14H,6-9H2,1-5H3. The highest BCUT2D eigenvalue weighted by Crippen LogP contribution is 2.27. The average molecular weight is 290 g/mol. The first-order valence-electron chi connectivity index (χ1n) is 6.92. The summed E-state index contributed by atoms with van der Waals surface area (Å²) in [6.07, 6.45) is 3.65. The molecule has 1 fully saturated rings. The molecule has 112 valence electrons. The summed E-state index contributed by atoms with van der Waals surface area (Å²) in [5.74, 6) is 0.0325. The second-order valence-corrected chi connectivity index (χ2v) is 7.97. The Hall–Kier alpha value is -0.620. The van der Waals surface area contributed by atoms with Gasteiger partial charge >= 0.3 is 0 Å². The summed E-state index contributed by atoms with van der Waals surface area (Å²) in [4.78, 5) is 14.3. The zero-order valence-electron chi connectivity index (χ0n) is 12.6. The Bertz CT molecular complexity index is 435. The Balaban J connectivity index is 2.97. The number of hydrogen-bond donors (Lipinski definition) is 1. The molecular weight excluding hydrogens is 264 g/mol. The monoisotopic (exact) mass is 290 g/mol. The molecule has 1 aliphatic heterocycles. The fourth-order valence-electron chi connectivity index (χ4n) is 2.69. The second kappa shape index (κ2) is 5.79. The Morgan fingerprint density at radius 2 is 2.00 bits per heavy atom. The summed E-state index contributed by atoms with van der Waals surface area (Å²) >= 11 is 0. The minimum Gasteiger partial charge on any atom is -0.322 e. The van der Waals surface area contributed by atoms with E-state index in [2.05, 4.69) is 12.2 Å². The summed E-state index contributed by atoms with van der Waals surface area (Å²) < 4.78 is 22.9. The van der Waals surface area contributed by atoms with Crippen LogP contribution in [0.5, 0.6) is 0 Å². The van der Waals surface area contributed by atoms with Crippen LogP contribution >= 0.6 is 0 Å². The molecule has 1 N–H and O–H groups in total. The topological polar surface area (TPSA) is 66.5 Å². The lowest BCUT2D eigenvalue weighted by atomic mass is 9.99. The van der Waals surface area contributed by atoms with Crippen molar-refractivity contribution in [3.8, 4) is 0 Å². The second-order valence-electron chi connectivity index (χ2n) is 5.79. The van der Waals surface area contributed by atoms with Gasteiger partial charge in [-0.2, -0.15) is 0 Å². The predicted molar refractivity (Wildman–Crippen MR) is 76.5 cm³/mol. The third-order valence-corrected chi connectivity index (χ3v) is 4.90. The van der Waals surface area contributed by atoms with E-state index in [1.54, 1.807) is 4.90 Å². The van der Waals surface area contributed by atoms with Crippen LogP contribution in [0.4, 0.5) is 0 Å². The molecule has 0 bridgehead atoms. The quantitative estimate of drug-likeness (QED) is 0.797. The number of carbonyl (C=O) groups is 1. The fraction of sp³-hybridized carbons (Fsp3) is 0.923. The van der Waals surface area contributed by atoms with Crippen molar-refractivity contribution in [1.82, 2.24) is 10.2 Å². The van der Waals surface area contributed by atoms with Gasteiger partial charge in [0.1, 0.15) is 9.84 Å². The normalized spacial score (nSPS) is 29.8. The smallest absolute Gasteiger partial charge is 0.244 e. The molecule has 5 nitrogen and oxygen atoms in total. The molecule has 6 heteroatoms. The van der Waals surface area contributed by atoms with E-state index in [0.29, 0.717) is 6.42 Å². The first kappa shape index (κ1) is 16.4. The van der Waals surface area contributed by atoms with Crippen LogP contribution in [0.3, 0.4) is 0 Å². The van der Waals surface area contributed by atoms with Crippen LogP contribution in [0.15, 0.2) is 0 Å². The zero-order valence-corrected chi connectivity index (χ0v) is 13.4. The van der Waals surface area contributed by atoms with Gasteiger partial charge in [-0.25, -0.2) is 8.42 Å². The minimum absolute atomic E-state index is 0.0143. The Morgan fingerprint density at radius 3 is 2.42 bits per heavy atom. The van der Waals surface area contributed by atoms with Gasteiger partial charge in [0.2, 0.25) is 5.91 Å². The maximum absolute atomic E-state index is 12.5. The van der Waals surface area contributed by atoms with Gasteiger partial charge in [-0.1, -0.05) is 20.3 Å². The maximum atomic E-state index is 12.5. The number of amides is 1. The van der Waals surface area contributed by atoms with Crippen molar-refractivity contribution < 1.29 is 13.2 Å². The van der Waals surface area contributed by atoms with Crippen LogP contribution in [0, 0.1) is 0 Å². The van der Waals surface area contributed by atoms with Crippen molar-refractivity contribution >= 4 is 15.7 Å². The van der Waals surface area contributed by atoms with Gasteiger partial charge in [-0.15, -0.1) is 0 Å². The Kier molecular flexibility index (Phi) is 5.01. The van der Waals surface area contributed by atoms with Crippen molar-refractivity contribution in [1.29, 1.82) is 0 Å². The van der Waals surface area contributed by atoms with E-state index < -0.39 is 15.4 Å². The highest BCUT2D eigenvalue weighted by Gasteiger charge is 2.48. The summed E-state index contributed by atoms with van der Waals surface area (Å²) in [6.45, 7) is 7.74. The fourth-order valence-corrected chi connectivity index (χ4v) is 3.73. The van der Waals surface area contributed by atoms with Crippen molar-refractivity contribution in [2.75, 3.05) is 12.0 Å². The molecule has 1 heterocycles. The van der Waals surface area contributed by atoms with E-state index in [9.17, 15) is 13.2 Å². The van der Waals surface area contributed by atoms with Crippen molar-refractivity contribution in [2.45, 2.75) is 64.7 Å². The van der Waals surface area contributed by atoms with Crippen molar-refractivity contribution in [3.05, 3.63) is 0 Å². The number of sulfone groups is 1. The lowest BCUT2D eigenvalue weighted by Crippen LogP contribution is -2.46. The van der Waals surface area contributed by atoms with Gasteiger partial charge in [-0.3, -0.25) is 10.1 Å². The molecule has 19 heavy (non-hydrogen) atoms. The molecular formula is C13H26N2O3S. The minimum atomic E-state index is -3.09. The van der Waals surface area contributed by atoms with Crippen LogP contribution in [0.2, 0.25) is 0 Å². The van der Waals surface area contributed by atoms with Crippen LogP contribution in [0.1, 0.15) is 47.0 Å². The first-order valence-corrected chi connectivity index (χ1v) is 8.99. The van der Waals surface area contributed by atoms with E-state index in [1.165, 1.54) is 6.26 Å². The number of rotatable bonds is 6. The van der Waals surface area contributed by atoms with Gasteiger partial charge in [-0.05, 0) is 26.7 Å². The summed E-state index contributed by atoms with van der Waals surface area (Å²) in [5.41, 5.74) is -0.564. The average Bonchev–Trinajstić information content (AvgIpc) is 2.50. The molecule has 1 rings (SSSR count). The SMILES string of the molecule is CCCC1NC(C)(CC)C(=O)N1C(C)CS(C)(=O)=O. The Labute approximate surface area is 116 Å². The van der Waals surface area contributed by atoms with Crippen LogP contribution in [0.25, 0.3) is 0 Å². The van der Waals surface area contributed by atoms with Gasteiger partial charge in [0.15, 0.2) is 0 Å². The molecule has 3 unspecified atom stereocenters. The third kappa shape index (κ3) is 3.69. The number of nitrogens with zero attached hydrogens (tertiary/aromatic N) is 1. The number of carbonyl (C=O) groups excluding carboxylic acids is 1. The number of nitrogens with one attached hydrogen (secondary N) is 1. The molecule has 0 aromatic carbocycles. The largest absolute Gasteiger partial charge is 0.322 e. The lowest BCUT2D eigenvalue weighted by molar-refractivity contribution is -0.134. The predicted octanol–water partition coefficient (Wildman–Crippen LogP) is 1.15. The maximum Gasteiger partial charge on any atom is 0.244 e. The first-order chi connectivity index (χ1) is 8.64. The van der Waals surface area contributed by atoms with E-state index in [4.69, 9.17) is 0 Å². The Morgan fingerprint density at radius 1 is 1.42 bits per heavy atom.